The molecule has 2 fully saturated rings. The summed E-state index contributed by atoms with van der Waals surface area (Å²) in [5, 5.41) is 10.5. The molecular weight excluding hydrogens is 490 g/mol. The van der Waals surface area contributed by atoms with Crippen molar-refractivity contribution < 1.29 is 19.0 Å². The van der Waals surface area contributed by atoms with Gasteiger partial charge in [0, 0.05) is 26.0 Å². The number of nitrogens with one attached hydrogen (secondary N) is 2. The van der Waals surface area contributed by atoms with Crippen molar-refractivity contribution in [1.82, 2.24) is 39.6 Å². The van der Waals surface area contributed by atoms with E-state index in [1.54, 1.807) is 35.0 Å². The quantitative estimate of drug-likeness (QED) is 0.372. The molecule has 2 N–H and O–H groups in total. The number of hydrogen-bond acceptors (Lipinski definition) is 10. The Bertz CT molecular complexity index is 1470. The Morgan fingerprint density at radius 3 is 2.76 bits per heavy atom. The fourth-order valence-corrected chi connectivity index (χ4v) is 4.81. The van der Waals surface area contributed by atoms with Crippen LogP contribution in [0, 0.1) is 0 Å². The predicted octanol–water partition coefficient (Wildman–Crippen LogP) is 2.06. The molecule has 13 heteroatoms. The number of likely N-dealkylation sites (N-methyl/N-ethyl adjacent to an activating group) is 1. The standard InChI is InChI=1S/C25H29N9O4/c1-5-9-28-21-16-22(32-20(31-21)14-11-30-34(12-14)15-8-6-7-10-27-15)33(13-29-16)24-19-17(37-25(2,3)38-19)18(36-24)23(35)26-4/h6-8,10-13,17-19,24H,5,9H2,1-4H3,(H,26,35)(H,28,31,32)/t17-,18+,19-,24-/m1/s1. The molecule has 1 amide bonds. The highest BCUT2D eigenvalue weighted by Gasteiger charge is 2.58. The molecule has 2 saturated heterocycles. The van der Waals surface area contributed by atoms with Crippen molar-refractivity contribution in [1.29, 1.82) is 0 Å². The molecule has 0 aromatic carbocycles. The van der Waals surface area contributed by atoms with Crippen LogP contribution < -0.4 is 10.6 Å². The summed E-state index contributed by atoms with van der Waals surface area (Å²) in [6, 6.07) is 5.61. The van der Waals surface area contributed by atoms with E-state index in [0.717, 1.165) is 6.42 Å². The highest BCUT2D eigenvalue weighted by molar-refractivity contribution is 5.85. The molecule has 4 atom stereocenters. The van der Waals surface area contributed by atoms with Gasteiger partial charge in [-0.15, -0.1) is 0 Å². The Balaban J connectivity index is 1.43. The van der Waals surface area contributed by atoms with Gasteiger partial charge in [0.05, 0.1) is 18.1 Å². The van der Waals surface area contributed by atoms with Crippen LogP contribution in [0.15, 0.2) is 43.1 Å². The molecule has 0 unspecified atom stereocenters. The van der Waals surface area contributed by atoms with Gasteiger partial charge in [-0.3, -0.25) is 9.36 Å². The van der Waals surface area contributed by atoms with Gasteiger partial charge >= 0.3 is 0 Å². The molecule has 2 aliphatic rings. The number of amides is 1. The van der Waals surface area contributed by atoms with Crippen molar-refractivity contribution in [2.45, 2.75) is 57.5 Å². The minimum Gasteiger partial charge on any atom is -0.368 e. The number of carbonyl (C=O) groups is 1. The van der Waals surface area contributed by atoms with Crippen LogP contribution >= 0.6 is 0 Å². The minimum atomic E-state index is -0.867. The first-order valence-electron chi connectivity index (χ1n) is 12.6. The Morgan fingerprint density at radius 2 is 2.00 bits per heavy atom. The van der Waals surface area contributed by atoms with E-state index < -0.39 is 30.3 Å². The van der Waals surface area contributed by atoms with Gasteiger partial charge in [0.1, 0.15) is 12.2 Å². The first-order chi connectivity index (χ1) is 18.4. The first-order valence-corrected chi connectivity index (χ1v) is 12.6. The number of fused-ring (bicyclic) bond motifs is 2. The third-order valence-corrected chi connectivity index (χ3v) is 6.50. The zero-order valence-corrected chi connectivity index (χ0v) is 21.5. The number of carbonyl (C=O) groups excluding carboxylic acids is 1. The van der Waals surface area contributed by atoms with Crippen molar-refractivity contribution in [3.8, 4) is 17.2 Å². The summed E-state index contributed by atoms with van der Waals surface area (Å²) in [4.78, 5) is 31.2. The van der Waals surface area contributed by atoms with E-state index in [9.17, 15) is 4.79 Å². The molecule has 2 aliphatic heterocycles. The molecule has 0 bridgehead atoms. The van der Waals surface area contributed by atoms with Gasteiger partial charge in [0.15, 0.2) is 46.7 Å². The second-order valence-electron chi connectivity index (χ2n) is 9.63. The monoisotopic (exact) mass is 519 g/mol. The Kier molecular flexibility index (Phi) is 6.05. The number of anilines is 1. The number of rotatable bonds is 7. The molecule has 4 aromatic heterocycles. The fraction of sp³-hybridized carbons (Fsp3) is 0.440. The molecule has 6 heterocycles. The van der Waals surface area contributed by atoms with Gasteiger partial charge < -0.3 is 24.8 Å². The number of aromatic nitrogens is 7. The zero-order valence-electron chi connectivity index (χ0n) is 21.5. The summed E-state index contributed by atoms with van der Waals surface area (Å²) in [6.07, 6.45) is 5.13. The van der Waals surface area contributed by atoms with Crippen molar-refractivity contribution in [3.05, 3.63) is 43.1 Å². The van der Waals surface area contributed by atoms with Gasteiger partial charge in [-0.05, 0) is 32.4 Å². The summed E-state index contributed by atoms with van der Waals surface area (Å²) < 4.78 is 21.9. The van der Waals surface area contributed by atoms with E-state index in [0.29, 0.717) is 40.7 Å². The Hall–Kier alpha value is -3.94. The SMILES string of the molecule is CCCNc1nc(-c2cnn(-c3ccccn3)c2)nc2c1ncn2[C@@H]1O[C@H](C(=O)NC)[C@H]2OC(C)(C)O[C@H]21. The summed E-state index contributed by atoms with van der Waals surface area (Å²) in [5.41, 5.74) is 1.83. The Labute approximate surface area is 218 Å². The second kappa shape index (κ2) is 9.42. The maximum atomic E-state index is 12.6. The van der Waals surface area contributed by atoms with Crippen molar-refractivity contribution in [2.24, 2.45) is 0 Å². The number of hydrogen-bond donors (Lipinski definition) is 2. The van der Waals surface area contributed by atoms with Crippen LogP contribution in [-0.2, 0) is 19.0 Å². The molecule has 0 radical (unpaired) electrons. The van der Waals surface area contributed by atoms with E-state index in [-0.39, 0.29) is 5.91 Å². The molecular formula is C25H29N9O4. The molecule has 13 nitrogen and oxygen atoms in total. The van der Waals surface area contributed by atoms with Crippen LogP contribution in [-0.4, -0.2) is 77.9 Å². The molecule has 0 aliphatic carbocycles. The molecule has 6 rings (SSSR count). The van der Waals surface area contributed by atoms with E-state index in [4.69, 9.17) is 24.2 Å². The number of nitrogens with zero attached hydrogens (tertiary/aromatic N) is 7. The van der Waals surface area contributed by atoms with Gasteiger partial charge in [-0.2, -0.15) is 5.10 Å². The largest absolute Gasteiger partial charge is 0.368 e. The lowest BCUT2D eigenvalue weighted by atomic mass is 10.1. The van der Waals surface area contributed by atoms with Gasteiger partial charge in [0.2, 0.25) is 0 Å². The minimum absolute atomic E-state index is 0.282. The van der Waals surface area contributed by atoms with Crippen LogP contribution in [0.2, 0.25) is 0 Å². The number of ether oxygens (including phenoxy) is 3. The second-order valence-corrected chi connectivity index (χ2v) is 9.63. The van der Waals surface area contributed by atoms with Crippen LogP contribution in [0.25, 0.3) is 28.4 Å². The molecule has 38 heavy (non-hydrogen) atoms. The van der Waals surface area contributed by atoms with Gasteiger partial charge in [0.25, 0.3) is 5.91 Å². The lowest BCUT2D eigenvalue weighted by molar-refractivity contribution is -0.197. The van der Waals surface area contributed by atoms with Crippen molar-refractivity contribution in [2.75, 3.05) is 18.9 Å². The summed E-state index contributed by atoms with van der Waals surface area (Å²) >= 11 is 0. The number of imidazole rings is 1. The topological polar surface area (TPSA) is 143 Å². The Morgan fingerprint density at radius 1 is 1.16 bits per heavy atom. The van der Waals surface area contributed by atoms with E-state index in [1.165, 1.54) is 0 Å². The molecule has 198 valence electrons. The van der Waals surface area contributed by atoms with E-state index >= 15 is 0 Å². The highest BCUT2D eigenvalue weighted by atomic mass is 16.8. The summed E-state index contributed by atoms with van der Waals surface area (Å²) in [7, 11) is 1.57. The van der Waals surface area contributed by atoms with Gasteiger partial charge in [-0.25, -0.2) is 24.6 Å². The maximum absolute atomic E-state index is 12.6. The van der Waals surface area contributed by atoms with E-state index in [2.05, 4.69) is 32.6 Å². The smallest absolute Gasteiger partial charge is 0.251 e. The lowest BCUT2D eigenvalue weighted by Crippen LogP contribution is -2.41. The average molecular weight is 520 g/mol. The van der Waals surface area contributed by atoms with Gasteiger partial charge in [-0.1, -0.05) is 13.0 Å². The van der Waals surface area contributed by atoms with E-state index in [1.807, 2.05) is 38.2 Å². The fourth-order valence-electron chi connectivity index (χ4n) is 4.81. The van der Waals surface area contributed by atoms with Crippen LogP contribution in [0.1, 0.15) is 33.4 Å². The van der Waals surface area contributed by atoms with Crippen LogP contribution in [0.3, 0.4) is 0 Å². The molecule has 0 saturated carbocycles. The lowest BCUT2D eigenvalue weighted by Gasteiger charge is -2.24. The molecule has 4 aromatic rings. The third kappa shape index (κ3) is 4.18. The first kappa shape index (κ1) is 24.4. The third-order valence-electron chi connectivity index (χ3n) is 6.50. The zero-order chi connectivity index (χ0) is 26.4. The maximum Gasteiger partial charge on any atom is 0.251 e. The molecule has 0 spiro atoms. The average Bonchev–Trinajstić information content (AvgIpc) is 3.69. The summed E-state index contributed by atoms with van der Waals surface area (Å²) in [5.74, 6) is 0.587. The normalized spacial score (nSPS) is 24.0. The van der Waals surface area contributed by atoms with Crippen LogP contribution in [0.4, 0.5) is 5.82 Å². The number of pyridine rings is 1. The summed E-state index contributed by atoms with van der Waals surface area (Å²) in [6.45, 7) is 6.43. The highest BCUT2D eigenvalue weighted by Crippen LogP contribution is 2.44. The van der Waals surface area contributed by atoms with Crippen molar-refractivity contribution in [3.63, 3.8) is 0 Å². The van der Waals surface area contributed by atoms with Crippen LogP contribution in [0.5, 0.6) is 0 Å². The predicted molar refractivity (Wildman–Crippen MR) is 136 cm³/mol. The van der Waals surface area contributed by atoms with Crippen molar-refractivity contribution >= 4 is 22.9 Å².